The van der Waals surface area contributed by atoms with Gasteiger partial charge in [-0.05, 0) is 54.0 Å². The van der Waals surface area contributed by atoms with Crippen LogP contribution in [0.5, 0.6) is 0 Å². The maximum atomic E-state index is 11.8. The van der Waals surface area contributed by atoms with Crippen LogP contribution in [0.4, 0.5) is 9.80 Å². The number of anilines is 1. The first kappa shape index (κ1) is 22.5. The molecule has 0 spiro atoms. The quantitative estimate of drug-likeness (QED) is 0.422. The smallest absolute Gasteiger partial charge is 0.320 e. The number of hydrogen-bond acceptors (Lipinski definition) is 5. The Hall–Kier alpha value is -3.17. The molecule has 1 atom stereocenters. The van der Waals surface area contributed by atoms with E-state index in [4.69, 9.17) is 22.3 Å². The monoisotopic (exact) mass is 442 g/mol. The fourth-order valence-corrected chi connectivity index (χ4v) is 4.91. The zero-order chi connectivity index (χ0) is 22.5. The Balaban J connectivity index is 1.98. The normalized spacial score (nSPS) is 15.3. The number of carboxylic acid groups (broad SMARTS) is 1. The van der Waals surface area contributed by atoms with Crippen molar-refractivity contribution in [3.05, 3.63) is 47.0 Å². The van der Waals surface area contributed by atoms with Crippen molar-refractivity contribution >= 4 is 40.3 Å². The first-order chi connectivity index (χ1) is 14.8. The van der Waals surface area contributed by atoms with Gasteiger partial charge in [-0.2, -0.15) is 0 Å². The molecule has 1 aromatic heterocycles. The van der Waals surface area contributed by atoms with Crippen LogP contribution in [0.3, 0.4) is 0 Å². The van der Waals surface area contributed by atoms with Gasteiger partial charge in [-0.1, -0.05) is 37.1 Å². The number of rotatable bonds is 8. The van der Waals surface area contributed by atoms with E-state index in [9.17, 15) is 14.4 Å². The molecule has 3 amide bonds. The maximum absolute atomic E-state index is 11.8. The summed E-state index contributed by atoms with van der Waals surface area (Å²) < 4.78 is 0. The fraction of sp³-hybridized carbons (Fsp3) is 0.318. The highest BCUT2D eigenvalue weighted by molar-refractivity contribution is 7.20. The van der Waals surface area contributed by atoms with Gasteiger partial charge in [0, 0.05) is 4.88 Å². The zero-order valence-corrected chi connectivity index (χ0v) is 17.8. The summed E-state index contributed by atoms with van der Waals surface area (Å²) in [6.07, 6.45) is 8.52. The van der Waals surface area contributed by atoms with Gasteiger partial charge in [-0.15, -0.1) is 11.3 Å². The Bertz CT molecular complexity index is 1020. The molecule has 0 aliphatic heterocycles. The van der Waals surface area contributed by atoms with Crippen LogP contribution in [0.25, 0.3) is 16.5 Å². The number of thiophene rings is 1. The topological polar surface area (TPSA) is 162 Å². The largest absolute Gasteiger partial charge is 0.480 e. The summed E-state index contributed by atoms with van der Waals surface area (Å²) in [6.45, 7) is 0. The first-order valence-corrected chi connectivity index (χ1v) is 10.9. The molecule has 31 heavy (non-hydrogen) atoms. The number of primary amides is 2. The second-order valence-electron chi connectivity index (χ2n) is 7.61. The van der Waals surface area contributed by atoms with E-state index in [0.29, 0.717) is 10.9 Å². The molecular weight excluding hydrogens is 416 g/mol. The Kier molecular flexibility index (Phi) is 7.09. The Labute approximate surface area is 184 Å². The number of nitrogens with one attached hydrogen (secondary N) is 1. The van der Waals surface area contributed by atoms with Crippen LogP contribution in [0.2, 0.25) is 0 Å². The molecular formula is C22H26N4O4S. The zero-order valence-electron chi connectivity index (χ0n) is 17.0. The van der Waals surface area contributed by atoms with Gasteiger partial charge in [-0.3, -0.25) is 14.9 Å². The van der Waals surface area contributed by atoms with Crippen LogP contribution in [0.15, 0.2) is 30.3 Å². The predicted molar refractivity (Wildman–Crippen MR) is 122 cm³/mol. The maximum Gasteiger partial charge on any atom is 0.320 e. The van der Waals surface area contributed by atoms with E-state index in [2.05, 4.69) is 11.4 Å². The van der Waals surface area contributed by atoms with Gasteiger partial charge in [0.1, 0.15) is 11.0 Å². The minimum atomic E-state index is -1.04. The van der Waals surface area contributed by atoms with Gasteiger partial charge in [0.25, 0.3) is 5.91 Å². The van der Waals surface area contributed by atoms with Crippen LogP contribution >= 0.6 is 11.3 Å². The van der Waals surface area contributed by atoms with E-state index in [1.54, 1.807) is 12.1 Å². The number of carboxylic acids is 1. The second kappa shape index (κ2) is 9.76. The van der Waals surface area contributed by atoms with Crippen LogP contribution in [-0.4, -0.2) is 29.1 Å². The minimum Gasteiger partial charge on any atom is -0.480 e. The molecule has 1 aromatic carbocycles. The lowest BCUT2D eigenvalue weighted by atomic mass is 9.91. The molecule has 8 nitrogen and oxygen atoms in total. The van der Waals surface area contributed by atoms with Crippen molar-refractivity contribution in [3.63, 3.8) is 0 Å². The molecule has 0 radical (unpaired) electrons. The Morgan fingerprint density at radius 3 is 2.52 bits per heavy atom. The molecule has 3 rings (SSSR count). The summed E-state index contributed by atoms with van der Waals surface area (Å²) in [6, 6.07) is 5.97. The third kappa shape index (κ3) is 5.50. The lowest BCUT2D eigenvalue weighted by Gasteiger charge is -2.15. The second-order valence-corrected chi connectivity index (χ2v) is 8.67. The number of amides is 3. The van der Waals surface area contributed by atoms with E-state index in [1.165, 1.54) is 29.7 Å². The number of nitrogens with two attached hydrogens (primary N) is 3. The van der Waals surface area contributed by atoms with Gasteiger partial charge in [0.05, 0.1) is 5.56 Å². The minimum absolute atomic E-state index is 0.197. The van der Waals surface area contributed by atoms with Crippen LogP contribution in [-0.2, 0) is 4.79 Å². The lowest BCUT2D eigenvalue weighted by molar-refractivity contribution is -0.138. The Morgan fingerprint density at radius 1 is 1.19 bits per heavy atom. The summed E-state index contributed by atoms with van der Waals surface area (Å²) in [5.74, 6) is -1.24. The van der Waals surface area contributed by atoms with Crippen molar-refractivity contribution in [1.29, 1.82) is 0 Å². The lowest BCUT2D eigenvalue weighted by Crippen LogP contribution is -2.29. The predicted octanol–water partition coefficient (Wildman–Crippen LogP) is 3.48. The van der Waals surface area contributed by atoms with Crippen LogP contribution in [0, 0.1) is 0 Å². The molecule has 1 fully saturated rings. The molecule has 1 heterocycles. The molecule has 164 valence electrons. The van der Waals surface area contributed by atoms with Gasteiger partial charge in [0.2, 0.25) is 0 Å². The van der Waals surface area contributed by atoms with Gasteiger partial charge in [0.15, 0.2) is 0 Å². The summed E-state index contributed by atoms with van der Waals surface area (Å²) >= 11 is 1.21. The van der Waals surface area contributed by atoms with E-state index in [1.807, 2.05) is 18.2 Å². The van der Waals surface area contributed by atoms with Crippen molar-refractivity contribution in [2.75, 3.05) is 5.32 Å². The molecule has 2 aromatic rings. The SMILES string of the molecule is NC(=O)Nc1sc(-c2ccc(C3CCCC3)c(/C=C/C[C@H](N)C(=O)O)c2)cc1C(N)=O. The van der Waals surface area contributed by atoms with Crippen LogP contribution in [0.1, 0.15) is 59.5 Å². The Morgan fingerprint density at radius 2 is 1.90 bits per heavy atom. The third-order valence-corrected chi connectivity index (χ3v) is 6.50. The number of benzene rings is 1. The van der Waals surface area contributed by atoms with Crippen molar-refractivity contribution in [3.8, 4) is 10.4 Å². The van der Waals surface area contributed by atoms with Gasteiger partial charge < -0.3 is 22.3 Å². The molecule has 8 N–H and O–H groups in total. The standard InChI is InChI=1S/C22H26N4O4S/c23-17(21(28)29)7-3-6-13-10-14(8-9-15(13)12-4-1-2-5-12)18-11-16(19(24)27)20(31-18)26-22(25)30/h3,6,8-12,17H,1-2,4-5,7,23H2,(H2,24,27)(H,28,29)(H3,25,26,30)/b6-3+/t17-/m0/s1. The van der Waals surface area contributed by atoms with Crippen molar-refractivity contribution in [1.82, 2.24) is 0 Å². The average Bonchev–Trinajstić information content (AvgIpc) is 3.37. The van der Waals surface area contributed by atoms with E-state index in [-0.39, 0.29) is 12.0 Å². The molecule has 1 saturated carbocycles. The number of aliphatic carboxylic acids is 1. The third-order valence-electron chi connectivity index (χ3n) is 5.41. The molecule has 1 aliphatic rings. The highest BCUT2D eigenvalue weighted by atomic mass is 32.1. The van der Waals surface area contributed by atoms with Crippen molar-refractivity contribution in [2.24, 2.45) is 17.2 Å². The highest BCUT2D eigenvalue weighted by Crippen LogP contribution is 2.40. The van der Waals surface area contributed by atoms with Crippen molar-refractivity contribution < 1.29 is 19.5 Å². The number of urea groups is 1. The number of carbonyl (C=O) groups excluding carboxylic acids is 2. The highest BCUT2D eigenvalue weighted by Gasteiger charge is 2.21. The fourth-order valence-electron chi connectivity index (χ4n) is 3.84. The number of hydrogen-bond donors (Lipinski definition) is 5. The van der Waals surface area contributed by atoms with Gasteiger partial charge >= 0.3 is 12.0 Å². The van der Waals surface area contributed by atoms with E-state index < -0.39 is 23.9 Å². The molecule has 9 heteroatoms. The average molecular weight is 443 g/mol. The van der Waals surface area contributed by atoms with E-state index >= 15 is 0 Å². The summed E-state index contributed by atoms with van der Waals surface area (Å²) in [7, 11) is 0. The molecule has 1 aliphatic carbocycles. The number of carbonyl (C=O) groups is 3. The molecule has 0 saturated heterocycles. The summed E-state index contributed by atoms with van der Waals surface area (Å²) in [5.41, 5.74) is 19.5. The first-order valence-electron chi connectivity index (χ1n) is 10.1. The molecule has 0 unspecified atom stereocenters. The van der Waals surface area contributed by atoms with Crippen molar-refractivity contribution in [2.45, 2.75) is 44.1 Å². The summed E-state index contributed by atoms with van der Waals surface area (Å²) in [5, 5.41) is 11.8. The summed E-state index contributed by atoms with van der Waals surface area (Å²) in [4.78, 5) is 34.8. The van der Waals surface area contributed by atoms with Gasteiger partial charge in [-0.25, -0.2) is 4.79 Å². The van der Waals surface area contributed by atoms with E-state index in [0.717, 1.165) is 28.8 Å². The molecule has 0 bridgehead atoms. The van der Waals surface area contributed by atoms with Crippen LogP contribution < -0.4 is 22.5 Å².